The Labute approximate surface area is 127 Å². The van der Waals surface area contributed by atoms with Gasteiger partial charge in [0.05, 0.1) is 5.02 Å². The van der Waals surface area contributed by atoms with E-state index in [2.05, 4.69) is 5.43 Å². The van der Waals surface area contributed by atoms with E-state index in [0.717, 1.165) is 9.92 Å². The zero-order valence-electron chi connectivity index (χ0n) is 10.9. The molecule has 3 N–H and O–H groups in total. The van der Waals surface area contributed by atoms with Gasteiger partial charge in [-0.25, -0.2) is 4.39 Å². The van der Waals surface area contributed by atoms with Gasteiger partial charge in [-0.15, -0.1) is 11.8 Å². The minimum atomic E-state index is -0.199. The highest BCUT2D eigenvalue weighted by molar-refractivity contribution is 7.99. The Kier molecular flexibility index (Phi) is 5.86. The molecule has 0 aliphatic heterocycles. The first-order valence-corrected chi connectivity index (χ1v) is 7.64. The van der Waals surface area contributed by atoms with Crippen LogP contribution in [0.5, 0.6) is 0 Å². The molecule has 1 unspecified atom stereocenters. The van der Waals surface area contributed by atoms with Gasteiger partial charge in [0.15, 0.2) is 0 Å². The standard InChI is InChI=1S/C15H16ClFN2S/c16-13-6-2-4-8-15(13)20-10-12(19-18)9-11-5-1-3-7-14(11)17/h1-8,12,19H,9-10,18H2. The summed E-state index contributed by atoms with van der Waals surface area (Å²) in [5, 5.41) is 0.721. The lowest BCUT2D eigenvalue weighted by Crippen LogP contribution is -2.38. The fourth-order valence-electron chi connectivity index (χ4n) is 1.85. The monoisotopic (exact) mass is 310 g/mol. The Bertz CT molecular complexity index is 565. The Morgan fingerprint density at radius 1 is 1.15 bits per heavy atom. The number of nitrogens with two attached hydrogens (primary N) is 1. The van der Waals surface area contributed by atoms with Gasteiger partial charge >= 0.3 is 0 Å². The van der Waals surface area contributed by atoms with E-state index < -0.39 is 0 Å². The molecule has 5 heteroatoms. The molecule has 1 atom stereocenters. The quantitative estimate of drug-likeness (QED) is 0.486. The lowest BCUT2D eigenvalue weighted by molar-refractivity contribution is 0.546. The van der Waals surface area contributed by atoms with Gasteiger partial charge < -0.3 is 0 Å². The van der Waals surface area contributed by atoms with E-state index in [4.69, 9.17) is 17.4 Å². The van der Waals surface area contributed by atoms with Gasteiger partial charge in [-0.1, -0.05) is 41.9 Å². The van der Waals surface area contributed by atoms with E-state index in [0.29, 0.717) is 17.7 Å². The molecule has 2 nitrogen and oxygen atoms in total. The second-order valence-corrected chi connectivity index (χ2v) is 5.87. The van der Waals surface area contributed by atoms with Crippen LogP contribution in [0.25, 0.3) is 0 Å². The molecule has 0 amide bonds. The van der Waals surface area contributed by atoms with Gasteiger partial charge in [0.2, 0.25) is 0 Å². The first kappa shape index (κ1) is 15.3. The van der Waals surface area contributed by atoms with Crippen molar-refractivity contribution < 1.29 is 4.39 Å². The molecule has 0 aliphatic rings. The lowest BCUT2D eigenvalue weighted by atomic mass is 10.1. The van der Waals surface area contributed by atoms with Crippen molar-refractivity contribution in [2.75, 3.05) is 5.75 Å². The van der Waals surface area contributed by atoms with E-state index in [1.54, 1.807) is 23.9 Å². The maximum absolute atomic E-state index is 13.6. The van der Waals surface area contributed by atoms with Gasteiger partial charge in [0.1, 0.15) is 5.82 Å². The summed E-state index contributed by atoms with van der Waals surface area (Å²) in [5.41, 5.74) is 3.40. The van der Waals surface area contributed by atoms with E-state index in [9.17, 15) is 4.39 Å². The predicted molar refractivity (Wildman–Crippen MR) is 83.4 cm³/mol. The minimum Gasteiger partial charge on any atom is -0.271 e. The number of hydrogen-bond donors (Lipinski definition) is 2. The molecule has 0 saturated carbocycles. The highest BCUT2D eigenvalue weighted by atomic mass is 35.5. The smallest absolute Gasteiger partial charge is 0.126 e. The van der Waals surface area contributed by atoms with E-state index in [1.807, 2.05) is 30.3 Å². The molecule has 0 heterocycles. The maximum atomic E-state index is 13.6. The average Bonchev–Trinajstić information content (AvgIpc) is 2.47. The van der Waals surface area contributed by atoms with Crippen LogP contribution in [0.2, 0.25) is 5.02 Å². The van der Waals surface area contributed by atoms with Crippen LogP contribution in [0.4, 0.5) is 4.39 Å². The van der Waals surface area contributed by atoms with E-state index in [-0.39, 0.29) is 11.9 Å². The average molecular weight is 311 g/mol. The number of hydrazine groups is 1. The van der Waals surface area contributed by atoms with E-state index in [1.165, 1.54) is 6.07 Å². The molecule has 0 fully saturated rings. The molecule has 0 spiro atoms. The molecule has 0 bridgehead atoms. The van der Waals surface area contributed by atoms with Crippen LogP contribution in [0.1, 0.15) is 5.56 Å². The normalized spacial score (nSPS) is 12.3. The number of hydrogen-bond acceptors (Lipinski definition) is 3. The fourth-order valence-corrected chi connectivity index (χ4v) is 3.12. The second kappa shape index (κ2) is 7.64. The first-order valence-electron chi connectivity index (χ1n) is 6.27. The summed E-state index contributed by atoms with van der Waals surface area (Å²) >= 11 is 7.71. The summed E-state index contributed by atoms with van der Waals surface area (Å²) in [6.07, 6.45) is 0.542. The summed E-state index contributed by atoms with van der Waals surface area (Å²) in [4.78, 5) is 1.00. The van der Waals surface area contributed by atoms with Crippen LogP contribution in [-0.4, -0.2) is 11.8 Å². The molecule has 2 aromatic rings. The van der Waals surface area contributed by atoms with Gasteiger partial charge in [0, 0.05) is 16.7 Å². The second-order valence-electron chi connectivity index (χ2n) is 4.40. The van der Waals surface area contributed by atoms with Crippen molar-refractivity contribution >= 4 is 23.4 Å². The molecule has 20 heavy (non-hydrogen) atoms. The zero-order chi connectivity index (χ0) is 14.4. The number of halogens is 2. The third kappa shape index (κ3) is 4.21. The minimum absolute atomic E-state index is 0.0202. The molecule has 2 aromatic carbocycles. The summed E-state index contributed by atoms with van der Waals surface area (Å²) in [6.45, 7) is 0. The van der Waals surface area contributed by atoms with E-state index >= 15 is 0 Å². The summed E-state index contributed by atoms with van der Waals surface area (Å²) in [5.74, 6) is 6.07. The SMILES string of the molecule is NNC(CSc1ccccc1Cl)Cc1ccccc1F. The summed E-state index contributed by atoms with van der Waals surface area (Å²) in [7, 11) is 0. The Hall–Kier alpha value is -1.07. The molecular weight excluding hydrogens is 295 g/mol. The van der Waals surface area contributed by atoms with Crippen LogP contribution in [0.3, 0.4) is 0 Å². The molecule has 0 saturated heterocycles. The Balaban J connectivity index is 1.96. The Morgan fingerprint density at radius 2 is 1.85 bits per heavy atom. The van der Waals surface area contributed by atoms with Crippen LogP contribution in [-0.2, 0) is 6.42 Å². The molecule has 0 radical (unpaired) electrons. The molecule has 0 aromatic heterocycles. The predicted octanol–water partition coefficient (Wildman–Crippen LogP) is 3.65. The van der Waals surface area contributed by atoms with Crippen molar-refractivity contribution in [1.29, 1.82) is 0 Å². The number of nitrogens with one attached hydrogen (secondary N) is 1. The van der Waals surface area contributed by atoms with Crippen molar-refractivity contribution in [1.82, 2.24) is 5.43 Å². The molecule has 0 aliphatic carbocycles. The Morgan fingerprint density at radius 3 is 2.55 bits per heavy atom. The van der Waals surface area contributed by atoms with Crippen LogP contribution in [0, 0.1) is 5.82 Å². The van der Waals surface area contributed by atoms with Crippen molar-refractivity contribution in [3.05, 3.63) is 64.9 Å². The van der Waals surface area contributed by atoms with Crippen LogP contribution < -0.4 is 11.3 Å². The van der Waals surface area contributed by atoms with Crippen molar-refractivity contribution in [2.24, 2.45) is 5.84 Å². The van der Waals surface area contributed by atoms with Crippen molar-refractivity contribution in [2.45, 2.75) is 17.4 Å². The van der Waals surface area contributed by atoms with Gasteiger partial charge in [-0.2, -0.15) is 0 Å². The zero-order valence-corrected chi connectivity index (χ0v) is 12.4. The molecule has 2 rings (SSSR count). The van der Waals surface area contributed by atoms with Gasteiger partial charge in [0.25, 0.3) is 0 Å². The number of rotatable bonds is 6. The largest absolute Gasteiger partial charge is 0.271 e. The van der Waals surface area contributed by atoms with Crippen LogP contribution >= 0.6 is 23.4 Å². The third-order valence-corrected chi connectivity index (χ3v) is 4.61. The van der Waals surface area contributed by atoms with Crippen molar-refractivity contribution in [3.63, 3.8) is 0 Å². The maximum Gasteiger partial charge on any atom is 0.126 e. The topological polar surface area (TPSA) is 38.0 Å². The van der Waals surface area contributed by atoms with Crippen molar-refractivity contribution in [3.8, 4) is 0 Å². The fraction of sp³-hybridized carbons (Fsp3) is 0.200. The third-order valence-electron chi connectivity index (χ3n) is 2.94. The lowest BCUT2D eigenvalue weighted by Gasteiger charge is -2.16. The molecule has 106 valence electrons. The highest BCUT2D eigenvalue weighted by Crippen LogP contribution is 2.27. The number of thioether (sulfide) groups is 1. The highest BCUT2D eigenvalue weighted by Gasteiger charge is 2.12. The number of benzene rings is 2. The molecular formula is C15H16ClFN2S. The first-order chi connectivity index (χ1) is 9.70. The summed E-state index contributed by atoms with van der Waals surface area (Å²) in [6, 6.07) is 14.4. The van der Waals surface area contributed by atoms with Gasteiger partial charge in [-0.3, -0.25) is 11.3 Å². The van der Waals surface area contributed by atoms with Gasteiger partial charge in [-0.05, 0) is 30.2 Å². The van der Waals surface area contributed by atoms with Crippen LogP contribution in [0.15, 0.2) is 53.4 Å². The summed E-state index contributed by atoms with van der Waals surface area (Å²) < 4.78 is 13.6.